The van der Waals surface area contributed by atoms with Crippen LogP contribution in [0.15, 0.2) is 36.7 Å². The Hall–Kier alpha value is -2.85. The van der Waals surface area contributed by atoms with Crippen LogP contribution >= 0.6 is 0 Å². The number of aromatic nitrogens is 2. The van der Waals surface area contributed by atoms with Gasteiger partial charge in [0.1, 0.15) is 0 Å². The van der Waals surface area contributed by atoms with Crippen LogP contribution in [0.5, 0.6) is 0 Å². The maximum atomic E-state index is 8.73. The third-order valence-corrected chi connectivity index (χ3v) is 2.53. The summed E-state index contributed by atoms with van der Waals surface area (Å²) in [7, 11) is 0. The van der Waals surface area contributed by atoms with Crippen LogP contribution in [-0.2, 0) is 0 Å². The van der Waals surface area contributed by atoms with Crippen molar-refractivity contribution in [2.45, 2.75) is 19.8 Å². The zero-order valence-corrected chi connectivity index (χ0v) is 11.2. The summed E-state index contributed by atoms with van der Waals surface area (Å²) in [4.78, 5) is 8.41. The summed E-state index contributed by atoms with van der Waals surface area (Å²) in [6, 6.07) is 9.19. The van der Waals surface area contributed by atoms with Crippen LogP contribution in [0.2, 0.25) is 0 Å². The molecule has 0 saturated heterocycles. The van der Waals surface area contributed by atoms with Crippen molar-refractivity contribution in [2.75, 3.05) is 5.32 Å². The van der Waals surface area contributed by atoms with Crippen LogP contribution in [0.4, 0.5) is 11.6 Å². The van der Waals surface area contributed by atoms with E-state index in [0.29, 0.717) is 11.5 Å². The number of nitrogens with one attached hydrogen (secondary N) is 1. The monoisotopic (exact) mass is 262 g/mol. The summed E-state index contributed by atoms with van der Waals surface area (Å²) < 4.78 is 0. The summed E-state index contributed by atoms with van der Waals surface area (Å²) in [5.74, 6) is 6.57. The van der Waals surface area contributed by atoms with Gasteiger partial charge in [-0.15, -0.1) is 0 Å². The van der Waals surface area contributed by atoms with E-state index in [9.17, 15) is 0 Å². The number of nitrogens with zero attached hydrogens (tertiary/aromatic N) is 3. The van der Waals surface area contributed by atoms with Crippen molar-refractivity contribution in [1.82, 2.24) is 9.97 Å². The molecule has 0 aliphatic rings. The molecule has 4 nitrogen and oxygen atoms in total. The van der Waals surface area contributed by atoms with Crippen LogP contribution in [0, 0.1) is 23.2 Å². The average Bonchev–Trinajstić information content (AvgIpc) is 2.50. The van der Waals surface area contributed by atoms with E-state index < -0.39 is 0 Å². The number of benzene rings is 1. The molecule has 0 aliphatic heterocycles. The van der Waals surface area contributed by atoms with Crippen molar-refractivity contribution in [2.24, 2.45) is 0 Å². The first-order chi connectivity index (χ1) is 9.81. The number of hydrogen-bond acceptors (Lipinski definition) is 4. The molecule has 0 saturated carbocycles. The minimum Gasteiger partial charge on any atom is -0.324 e. The molecule has 0 amide bonds. The van der Waals surface area contributed by atoms with E-state index in [2.05, 4.69) is 40.1 Å². The fraction of sp³-hybridized carbons (Fsp3) is 0.188. The highest BCUT2D eigenvalue weighted by Crippen LogP contribution is 2.13. The summed E-state index contributed by atoms with van der Waals surface area (Å²) in [6.45, 7) is 2.09. The highest BCUT2D eigenvalue weighted by atomic mass is 15.1. The molecule has 0 aliphatic carbocycles. The highest BCUT2D eigenvalue weighted by Gasteiger charge is 1.98. The first-order valence-electron chi connectivity index (χ1n) is 6.40. The first-order valence-corrected chi connectivity index (χ1v) is 6.40. The molecule has 4 heteroatoms. The second kappa shape index (κ2) is 6.92. The second-order valence-electron chi connectivity index (χ2n) is 4.16. The van der Waals surface area contributed by atoms with E-state index in [1.54, 1.807) is 24.5 Å². The molecule has 0 bridgehead atoms. The number of nitriles is 1. The Morgan fingerprint density at radius 1 is 1.10 bits per heavy atom. The first kappa shape index (κ1) is 13.6. The number of unbranched alkanes of at least 4 members (excludes halogenated alkanes) is 1. The Labute approximate surface area is 118 Å². The van der Waals surface area contributed by atoms with Gasteiger partial charge in [0.25, 0.3) is 0 Å². The van der Waals surface area contributed by atoms with E-state index in [0.717, 1.165) is 24.1 Å². The molecule has 2 aromatic rings. The Balaban J connectivity index is 2.03. The van der Waals surface area contributed by atoms with E-state index in [-0.39, 0.29) is 0 Å². The lowest BCUT2D eigenvalue weighted by atomic mass is 10.2. The minimum absolute atomic E-state index is 0.510. The van der Waals surface area contributed by atoms with Crippen LogP contribution in [-0.4, -0.2) is 9.97 Å². The van der Waals surface area contributed by atoms with Crippen LogP contribution in [0.25, 0.3) is 0 Å². The van der Waals surface area contributed by atoms with Gasteiger partial charge >= 0.3 is 0 Å². The van der Waals surface area contributed by atoms with Gasteiger partial charge in [0.05, 0.1) is 17.2 Å². The normalized spacial score (nSPS) is 9.20. The summed E-state index contributed by atoms with van der Waals surface area (Å²) in [5, 5.41) is 11.8. The fourth-order valence-corrected chi connectivity index (χ4v) is 1.50. The van der Waals surface area contributed by atoms with Crippen molar-refractivity contribution in [1.29, 1.82) is 5.26 Å². The molecule has 1 N–H and O–H groups in total. The SMILES string of the molecule is CCCC#Cc1cnc(Nc2ccc(C#N)cc2)nc1. The molecule has 0 atom stereocenters. The van der Waals surface area contributed by atoms with Crippen molar-refractivity contribution in [3.05, 3.63) is 47.8 Å². The highest BCUT2D eigenvalue weighted by molar-refractivity contribution is 5.54. The maximum absolute atomic E-state index is 8.73. The Morgan fingerprint density at radius 3 is 2.40 bits per heavy atom. The third kappa shape index (κ3) is 3.83. The average molecular weight is 262 g/mol. The van der Waals surface area contributed by atoms with Crippen LogP contribution in [0.1, 0.15) is 30.9 Å². The predicted molar refractivity (Wildman–Crippen MR) is 78.3 cm³/mol. The molecular weight excluding hydrogens is 248 g/mol. The van der Waals surface area contributed by atoms with Gasteiger partial charge in [-0.3, -0.25) is 0 Å². The molecule has 0 unspecified atom stereocenters. The van der Waals surface area contributed by atoms with Crippen molar-refractivity contribution in [3.8, 4) is 17.9 Å². The standard InChI is InChI=1S/C16H14N4/c1-2-3-4-5-14-11-18-16(19-12-14)20-15-8-6-13(10-17)7-9-15/h6-9,11-12H,2-3H2,1H3,(H,18,19,20). The summed E-state index contributed by atoms with van der Waals surface area (Å²) in [5.41, 5.74) is 2.27. The van der Waals surface area contributed by atoms with Crippen molar-refractivity contribution >= 4 is 11.6 Å². The lowest BCUT2D eigenvalue weighted by Gasteiger charge is -2.03. The second-order valence-corrected chi connectivity index (χ2v) is 4.16. The maximum Gasteiger partial charge on any atom is 0.227 e. The van der Waals surface area contributed by atoms with E-state index in [1.807, 2.05) is 12.1 Å². The summed E-state index contributed by atoms with van der Waals surface area (Å²) in [6.07, 6.45) is 5.32. The van der Waals surface area contributed by atoms with Gasteiger partial charge in [-0.2, -0.15) is 5.26 Å². The zero-order chi connectivity index (χ0) is 14.2. The number of anilines is 2. The largest absolute Gasteiger partial charge is 0.324 e. The van der Waals surface area contributed by atoms with Gasteiger partial charge in [0, 0.05) is 24.5 Å². The topological polar surface area (TPSA) is 61.6 Å². The Kier molecular flexibility index (Phi) is 4.70. The van der Waals surface area contributed by atoms with Gasteiger partial charge in [-0.1, -0.05) is 18.8 Å². The fourth-order valence-electron chi connectivity index (χ4n) is 1.50. The van der Waals surface area contributed by atoms with E-state index >= 15 is 0 Å². The quantitative estimate of drug-likeness (QED) is 0.862. The number of rotatable bonds is 3. The molecule has 1 aromatic carbocycles. The predicted octanol–water partition coefficient (Wildman–Crippen LogP) is 3.24. The van der Waals surface area contributed by atoms with Crippen molar-refractivity contribution in [3.63, 3.8) is 0 Å². The lowest BCUT2D eigenvalue weighted by Crippen LogP contribution is -1.96. The molecule has 0 radical (unpaired) electrons. The van der Waals surface area contributed by atoms with Crippen LogP contribution < -0.4 is 5.32 Å². The molecule has 2 rings (SSSR count). The molecule has 0 fully saturated rings. The molecule has 0 spiro atoms. The minimum atomic E-state index is 0.510. The van der Waals surface area contributed by atoms with Gasteiger partial charge < -0.3 is 5.32 Å². The van der Waals surface area contributed by atoms with Gasteiger partial charge in [-0.25, -0.2) is 9.97 Å². The lowest BCUT2D eigenvalue weighted by molar-refractivity contribution is 0.983. The van der Waals surface area contributed by atoms with Crippen molar-refractivity contribution < 1.29 is 0 Å². The van der Waals surface area contributed by atoms with Gasteiger partial charge in [0.15, 0.2) is 0 Å². The molecule has 1 aromatic heterocycles. The van der Waals surface area contributed by atoms with E-state index in [1.165, 1.54) is 0 Å². The summed E-state index contributed by atoms with van der Waals surface area (Å²) >= 11 is 0. The number of hydrogen-bond donors (Lipinski definition) is 1. The molecule has 1 heterocycles. The van der Waals surface area contributed by atoms with Gasteiger partial charge in [-0.05, 0) is 30.7 Å². The zero-order valence-electron chi connectivity index (χ0n) is 11.2. The van der Waals surface area contributed by atoms with Gasteiger partial charge in [0.2, 0.25) is 5.95 Å². The van der Waals surface area contributed by atoms with Crippen LogP contribution in [0.3, 0.4) is 0 Å². The van der Waals surface area contributed by atoms with E-state index in [4.69, 9.17) is 5.26 Å². The molecule has 20 heavy (non-hydrogen) atoms. The Bertz CT molecular complexity index is 655. The third-order valence-electron chi connectivity index (χ3n) is 2.53. The molecular formula is C16H14N4. The smallest absolute Gasteiger partial charge is 0.227 e. The Morgan fingerprint density at radius 2 is 1.80 bits per heavy atom. The molecule has 98 valence electrons.